The number of nitrogens with zero attached hydrogens (tertiary/aromatic N) is 3. The fourth-order valence-electron chi connectivity index (χ4n) is 2.71. The lowest BCUT2D eigenvalue weighted by molar-refractivity contribution is 0.189. The van der Waals surface area contributed by atoms with E-state index in [2.05, 4.69) is 29.4 Å². The van der Waals surface area contributed by atoms with E-state index in [1.807, 2.05) is 54.2 Å². The fourth-order valence-corrected chi connectivity index (χ4v) is 2.71. The number of aromatic nitrogens is 2. The number of benzene rings is 2. The minimum absolute atomic E-state index is 0.733. The molecule has 3 aromatic rings. The van der Waals surface area contributed by atoms with Crippen molar-refractivity contribution in [3.63, 3.8) is 0 Å². The molecule has 0 aliphatic rings. The molecule has 25 heavy (non-hydrogen) atoms. The molecule has 0 N–H and O–H groups in total. The highest BCUT2D eigenvalue weighted by Gasteiger charge is 2.10. The molecule has 4 heteroatoms. The van der Waals surface area contributed by atoms with Crippen LogP contribution in [0.3, 0.4) is 0 Å². The molecule has 4 nitrogen and oxygen atoms in total. The van der Waals surface area contributed by atoms with Gasteiger partial charge in [0, 0.05) is 31.4 Å². The molecule has 0 atom stereocenters. The SMILES string of the molecule is COCCCn1cc(N=C(c2ccccc2)c2ccccc2)c(C)n1. The first-order valence-electron chi connectivity index (χ1n) is 8.50. The Morgan fingerprint density at radius 3 is 2.16 bits per heavy atom. The molecule has 0 aliphatic heterocycles. The van der Waals surface area contributed by atoms with Gasteiger partial charge in [-0.1, -0.05) is 60.7 Å². The van der Waals surface area contributed by atoms with Crippen LogP contribution in [0.2, 0.25) is 0 Å². The first kappa shape index (κ1) is 17.1. The molecule has 0 unspecified atom stereocenters. The third-order valence-electron chi connectivity index (χ3n) is 3.98. The summed E-state index contributed by atoms with van der Waals surface area (Å²) in [5.74, 6) is 0. The summed E-state index contributed by atoms with van der Waals surface area (Å²) >= 11 is 0. The van der Waals surface area contributed by atoms with Crippen molar-refractivity contribution in [2.45, 2.75) is 19.9 Å². The molecule has 0 saturated carbocycles. The minimum Gasteiger partial charge on any atom is -0.385 e. The zero-order valence-corrected chi connectivity index (χ0v) is 14.7. The molecule has 128 valence electrons. The molecule has 0 amide bonds. The van der Waals surface area contributed by atoms with Gasteiger partial charge in [0.15, 0.2) is 0 Å². The smallest absolute Gasteiger partial charge is 0.105 e. The van der Waals surface area contributed by atoms with Gasteiger partial charge in [-0.3, -0.25) is 4.68 Å². The fraction of sp³-hybridized carbons (Fsp3) is 0.238. The van der Waals surface area contributed by atoms with E-state index in [0.29, 0.717) is 0 Å². The number of methoxy groups -OCH3 is 1. The van der Waals surface area contributed by atoms with Gasteiger partial charge in [0.05, 0.1) is 17.6 Å². The summed E-state index contributed by atoms with van der Waals surface area (Å²) in [6.07, 6.45) is 2.95. The highest BCUT2D eigenvalue weighted by Crippen LogP contribution is 2.21. The van der Waals surface area contributed by atoms with Gasteiger partial charge in [0.1, 0.15) is 5.69 Å². The van der Waals surface area contributed by atoms with Crippen molar-refractivity contribution >= 4 is 11.4 Å². The average Bonchev–Trinajstić information content (AvgIpc) is 3.01. The Bertz CT molecular complexity index is 781. The monoisotopic (exact) mass is 333 g/mol. The lowest BCUT2D eigenvalue weighted by Crippen LogP contribution is -2.02. The van der Waals surface area contributed by atoms with E-state index in [0.717, 1.165) is 47.8 Å². The molecule has 3 rings (SSSR count). The molecule has 0 radical (unpaired) electrons. The zero-order chi connectivity index (χ0) is 17.5. The van der Waals surface area contributed by atoms with Crippen molar-refractivity contribution in [3.05, 3.63) is 83.7 Å². The molecule has 2 aromatic carbocycles. The quantitative estimate of drug-likeness (QED) is 0.475. The summed E-state index contributed by atoms with van der Waals surface area (Å²) in [6.45, 7) is 3.56. The van der Waals surface area contributed by atoms with Crippen LogP contribution in [0.4, 0.5) is 5.69 Å². The summed E-state index contributed by atoms with van der Waals surface area (Å²) in [4.78, 5) is 4.95. The summed E-state index contributed by atoms with van der Waals surface area (Å²) in [6, 6.07) is 20.5. The van der Waals surface area contributed by atoms with Crippen LogP contribution in [-0.2, 0) is 11.3 Å². The van der Waals surface area contributed by atoms with E-state index in [-0.39, 0.29) is 0 Å². The van der Waals surface area contributed by atoms with Crippen LogP contribution >= 0.6 is 0 Å². The van der Waals surface area contributed by atoms with Crippen LogP contribution in [0, 0.1) is 6.92 Å². The maximum atomic E-state index is 5.11. The molecule has 1 aromatic heterocycles. The Kier molecular flexibility index (Phi) is 5.75. The normalized spacial score (nSPS) is 10.6. The van der Waals surface area contributed by atoms with Crippen molar-refractivity contribution in [1.29, 1.82) is 0 Å². The summed E-state index contributed by atoms with van der Waals surface area (Å²) in [5, 5.41) is 4.58. The number of rotatable bonds is 7. The van der Waals surface area contributed by atoms with Gasteiger partial charge in [-0.25, -0.2) is 4.99 Å². The van der Waals surface area contributed by atoms with Gasteiger partial charge in [-0.2, -0.15) is 5.10 Å². The maximum Gasteiger partial charge on any atom is 0.105 e. The van der Waals surface area contributed by atoms with E-state index in [9.17, 15) is 0 Å². The molecule has 1 heterocycles. The number of aryl methyl sites for hydroxylation is 2. The molecule has 0 aliphatic carbocycles. The van der Waals surface area contributed by atoms with Crippen molar-refractivity contribution < 1.29 is 4.74 Å². The first-order chi connectivity index (χ1) is 12.3. The second-order valence-corrected chi connectivity index (χ2v) is 5.90. The molecular formula is C21H23N3O. The van der Waals surface area contributed by atoms with Crippen LogP contribution in [-0.4, -0.2) is 29.2 Å². The predicted octanol–water partition coefficient (Wildman–Crippen LogP) is 4.40. The number of hydrogen-bond donors (Lipinski definition) is 0. The van der Waals surface area contributed by atoms with E-state index in [4.69, 9.17) is 9.73 Å². The van der Waals surface area contributed by atoms with Crippen molar-refractivity contribution in [1.82, 2.24) is 9.78 Å². The van der Waals surface area contributed by atoms with Gasteiger partial charge in [-0.15, -0.1) is 0 Å². The molecule has 0 saturated heterocycles. The van der Waals surface area contributed by atoms with E-state index >= 15 is 0 Å². The molecular weight excluding hydrogens is 310 g/mol. The van der Waals surface area contributed by atoms with E-state index < -0.39 is 0 Å². The summed E-state index contributed by atoms with van der Waals surface area (Å²) in [7, 11) is 1.72. The number of hydrogen-bond acceptors (Lipinski definition) is 3. The maximum absolute atomic E-state index is 5.11. The highest BCUT2D eigenvalue weighted by molar-refractivity contribution is 6.13. The first-order valence-corrected chi connectivity index (χ1v) is 8.50. The van der Waals surface area contributed by atoms with Crippen LogP contribution in [0.15, 0.2) is 71.9 Å². The van der Waals surface area contributed by atoms with Crippen molar-refractivity contribution in [2.24, 2.45) is 4.99 Å². The zero-order valence-electron chi connectivity index (χ0n) is 14.7. The summed E-state index contributed by atoms with van der Waals surface area (Å²) in [5.41, 5.74) is 4.99. The molecule has 0 fully saturated rings. The highest BCUT2D eigenvalue weighted by atomic mass is 16.5. The lowest BCUT2D eigenvalue weighted by Gasteiger charge is -2.07. The van der Waals surface area contributed by atoms with Gasteiger partial charge in [0.25, 0.3) is 0 Å². The van der Waals surface area contributed by atoms with E-state index in [1.54, 1.807) is 7.11 Å². The van der Waals surface area contributed by atoms with Crippen molar-refractivity contribution in [3.8, 4) is 0 Å². The van der Waals surface area contributed by atoms with Crippen LogP contribution in [0.1, 0.15) is 23.2 Å². The predicted molar refractivity (Wildman–Crippen MR) is 102 cm³/mol. The Labute approximate surface area is 148 Å². The number of ether oxygens (including phenoxy) is 1. The van der Waals surface area contributed by atoms with E-state index in [1.165, 1.54) is 0 Å². The lowest BCUT2D eigenvalue weighted by atomic mass is 10.0. The Morgan fingerprint density at radius 2 is 1.60 bits per heavy atom. The third-order valence-corrected chi connectivity index (χ3v) is 3.98. The molecule has 0 bridgehead atoms. The van der Waals surface area contributed by atoms with Crippen LogP contribution in [0.25, 0.3) is 0 Å². The van der Waals surface area contributed by atoms with Gasteiger partial charge in [0.2, 0.25) is 0 Å². The Balaban J connectivity index is 1.96. The second-order valence-electron chi connectivity index (χ2n) is 5.90. The second kappa shape index (κ2) is 8.40. The van der Waals surface area contributed by atoms with Gasteiger partial charge >= 0.3 is 0 Å². The van der Waals surface area contributed by atoms with Gasteiger partial charge < -0.3 is 4.74 Å². The van der Waals surface area contributed by atoms with Crippen LogP contribution < -0.4 is 0 Å². The van der Waals surface area contributed by atoms with Gasteiger partial charge in [-0.05, 0) is 13.3 Å². The van der Waals surface area contributed by atoms with Crippen molar-refractivity contribution in [2.75, 3.05) is 13.7 Å². The minimum atomic E-state index is 0.733. The summed E-state index contributed by atoms with van der Waals surface area (Å²) < 4.78 is 7.06. The Hall–Kier alpha value is -2.72. The van der Waals surface area contributed by atoms with Crippen LogP contribution in [0.5, 0.6) is 0 Å². The molecule has 0 spiro atoms. The third kappa shape index (κ3) is 4.43. The Morgan fingerprint density at radius 1 is 1.00 bits per heavy atom. The average molecular weight is 333 g/mol. The standard InChI is InChI=1S/C21H23N3O/c1-17-20(16-24(23-17)14-9-15-25-2)22-21(18-10-5-3-6-11-18)19-12-7-4-8-13-19/h3-8,10-13,16H,9,14-15H2,1-2H3. The largest absolute Gasteiger partial charge is 0.385 e. The topological polar surface area (TPSA) is 39.4 Å². The number of aliphatic imine (C=N–C) groups is 1.